The summed E-state index contributed by atoms with van der Waals surface area (Å²) in [5.74, 6) is -0.114. The van der Waals surface area contributed by atoms with Gasteiger partial charge in [-0.05, 0) is 38.0 Å². The Kier molecular flexibility index (Phi) is 4.52. The lowest BCUT2D eigenvalue weighted by molar-refractivity contribution is -0.147. The van der Waals surface area contributed by atoms with Crippen LogP contribution in [0.25, 0.3) is 0 Å². The molecule has 4 nitrogen and oxygen atoms in total. The monoisotopic (exact) mass is 237 g/mol. The number of aliphatic carboxylic acids is 1. The molecular weight excluding hydrogens is 218 g/mol. The summed E-state index contributed by atoms with van der Waals surface area (Å²) < 4.78 is 5.38. The molecule has 0 saturated heterocycles. The molecule has 0 aliphatic heterocycles. The van der Waals surface area contributed by atoms with Crippen molar-refractivity contribution in [2.45, 2.75) is 20.3 Å². The number of ether oxygens (including phenoxy) is 1. The molecule has 0 radical (unpaired) electrons. The summed E-state index contributed by atoms with van der Waals surface area (Å²) >= 11 is 0. The molecule has 1 unspecified atom stereocenters. The summed E-state index contributed by atoms with van der Waals surface area (Å²) in [6, 6.07) is 7.46. The molecule has 0 aromatic heterocycles. The molecule has 0 aliphatic rings. The van der Waals surface area contributed by atoms with E-state index in [-0.39, 0.29) is 6.54 Å². The maximum Gasteiger partial charge on any atom is 0.310 e. The lowest BCUT2D eigenvalue weighted by Crippen LogP contribution is -2.37. The van der Waals surface area contributed by atoms with E-state index in [0.717, 1.165) is 11.3 Å². The number of nitrogens with two attached hydrogens (primary N) is 1. The van der Waals surface area contributed by atoms with Crippen molar-refractivity contribution in [1.29, 1.82) is 0 Å². The molecule has 17 heavy (non-hydrogen) atoms. The third-order valence-corrected chi connectivity index (χ3v) is 2.77. The van der Waals surface area contributed by atoms with E-state index in [0.29, 0.717) is 13.0 Å². The first-order valence-electron chi connectivity index (χ1n) is 5.67. The Balaban J connectivity index is 2.86. The highest BCUT2D eigenvalue weighted by Gasteiger charge is 2.31. The van der Waals surface area contributed by atoms with Crippen molar-refractivity contribution in [2.24, 2.45) is 11.1 Å². The summed E-state index contributed by atoms with van der Waals surface area (Å²) in [5, 5.41) is 9.16. The Bertz CT molecular complexity index is 392. The largest absolute Gasteiger partial charge is 0.494 e. The zero-order valence-electron chi connectivity index (χ0n) is 10.3. The molecule has 1 aromatic carbocycles. The van der Waals surface area contributed by atoms with Gasteiger partial charge in [0.1, 0.15) is 5.75 Å². The molecule has 94 valence electrons. The highest BCUT2D eigenvalue weighted by atomic mass is 16.5. The fraction of sp³-hybridized carbons (Fsp3) is 0.462. The third-order valence-electron chi connectivity index (χ3n) is 2.77. The zero-order chi connectivity index (χ0) is 12.9. The van der Waals surface area contributed by atoms with E-state index in [2.05, 4.69) is 0 Å². The summed E-state index contributed by atoms with van der Waals surface area (Å²) in [7, 11) is 0. The second-order valence-corrected chi connectivity index (χ2v) is 4.33. The molecule has 0 bridgehead atoms. The molecule has 0 amide bonds. The van der Waals surface area contributed by atoms with Crippen LogP contribution in [0.1, 0.15) is 19.4 Å². The Labute approximate surface area is 101 Å². The maximum atomic E-state index is 11.2. The van der Waals surface area contributed by atoms with Crippen LogP contribution >= 0.6 is 0 Å². The molecule has 1 rings (SSSR count). The van der Waals surface area contributed by atoms with Gasteiger partial charge < -0.3 is 15.6 Å². The number of carbonyl (C=O) groups is 1. The van der Waals surface area contributed by atoms with Gasteiger partial charge in [0.25, 0.3) is 0 Å². The van der Waals surface area contributed by atoms with Gasteiger partial charge in [-0.25, -0.2) is 0 Å². The average molecular weight is 237 g/mol. The average Bonchev–Trinajstić information content (AvgIpc) is 2.29. The molecule has 0 aliphatic carbocycles. The second-order valence-electron chi connectivity index (χ2n) is 4.33. The van der Waals surface area contributed by atoms with Crippen molar-refractivity contribution in [1.82, 2.24) is 0 Å². The zero-order valence-corrected chi connectivity index (χ0v) is 10.3. The molecule has 0 saturated carbocycles. The fourth-order valence-corrected chi connectivity index (χ4v) is 1.60. The minimum Gasteiger partial charge on any atom is -0.494 e. The van der Waals surface area contributed by atoms with Crippen LogP contribution in [0.2, 0.25) is 0 Å². The summed E-state index contributed by atoms with van der Waals surface area (Å²) in [5.41, 5.74) is 5.54. The Morgan fingerprint density at radius 2 is 2.24 bits per heavy atom. The van der Waals surface area contributed by atoms with Crippen molar-refractivity contribution in [3.05, 3.63) is 29.8 Å². The van der Waals surface area contributed by atoms with E-state index in [4.69, 9.17) is 15.6 Å². The van der Waals surface area contributed by atoms with Crippen LogP contribution in [0.3, 0.4) is 0 Å². The molecule has 3 N–H and O–H groups in total. The van der Waals surface area contributed by atoms with Crippen LogP contribution in [0, 0.1) is 5.41 Å². The number of carboxylic acids is 1. The first-order chi connectivity index (χ1) is 8.01. The highest BCUT2D eigenvalue weighted by Crippen LogP contribution is 2.24. The van der Waals surface area contributed by atoms with E-state index in [9.17, 15) is 4.79 Å². The van der Waals surface area contributed by atoms with Crippen molar-refractivity contribution in [3.63, 3.8) is 0 Å². The van der Waals surface area contributed by atoms with Gasteiger partial charge in [0.2, 0.25) is 0 Å². The maximum absolute atomic E-state index is 11.2. The lowest BCUT2D eigenvalue weighted by atomic mass is 9.84. The quantitative estimate of drug-likeness (QED) is 0.789. The molecule has 0 spiro atoms. The molecule has 4 heteroatoms. The third kappa shape index (κ3) is 3.46. The van der Waals surface area contributed by atoms with Gasteiger partial charge in [0.05, 0.1) is 12.0 Å². The molecule has 0 heterocycles. The number of benzene rings is 1. The summed E-state index contributed by atoms with van der Waals surface area (Å²) in [6.07, 6.45) is 0.403. The van der Waals surface area contributed by atoms with Crippen LogP contribution < -0.4 is 10.5 Å². The van der Waals surface area contributed by atoms with E-state index in [1.54, 1.807) is 6.92 Å². The van der Waals surface area contributed by atoms with Gasteiger partial charge in [-0.15, -0.1) is 0 Å². The van der Waals surface area contributed by atoms with Gasteiger partial charge in [0.15, 0.2) is 0 Å². The normalized spacial score (nSPS) is 14.1. The molecule has 1 atom stereocenters. The lowest BCUT2D eigenvalue weighted by Gasteiger charge is -2.22. The van der Waals surface area contributed by atoms with Crippen molar-refractivity contribution in [3.8, 4) is 5.75 Å². The van der Waals surface area contributed by atoms with E-state index < -0.39 is 11.4 Å². The first-order valence-corrected chi connectivity index (χ1v) is 5.67. The standard InChI is InChI=1S/C13H19NO3/c1-3-17-11-6-4-5-10(7-11)8-13(2,9-14)12(15)16/h4-7H,3,8-9,14H2,1-2H3,(H,15,16). The SMILES string of the molecule is CCOc1cccc(CC(C)(CN)C(=O)O)c1. The van der Waals surface area contributed by atoms with Crippen molar-refractivity contribution < 1.29 is 14.6 Å². The minimum absolute atomic E-state index is 0.112. The van der Waals surface area contributed by atoms with Crippen LogP contribution in [0.5, 0.6) is 5.75 Å². The number of rotatable bonds is 6. The number of hydrogen-bond acceptors (Lipinski definition) is 3. The first kappa shape index (κ1) is 13.5. The molecular formula is C13H19NO3. The Morgan fingerprint density at radius 1 is 1.53 bits per heavy atom. The molecule has 0 fully saturated rings. The minimum atomic E-state index is -0.926. The van der Waals surface area contributed by atoms with Crippen molar-refractivity contribution in [2.75, 3.05) is 13.2 Å². The van der Waals surface area contributed by atoms with E-state index in [1.165, 1.54) is 0 Å². The van der Waals surface area contributed by atoms with Crippen LogP contribution in [0.15, 0.2) is 24.3 Å². The van der Waals surface area contributed by atoms with Crippen molar-refractivity contribution >= 4 is 5.97 Å². The van der Waals surface area contributed by atoms with E-state index >= 15 is 0 Å². The predicted molar refractivity (Wildman–Crippen MR) is 66.1 cm³/mol. The van der Waals surface area contributed by atoms with Gasteiger partial charge in [-0.3, -0.25) is 4.79 Å². The summed E-state index contributed by atoms with van der Waals surface area (Å²) in [4.78, 5) is 11.2. The fourth-order valence-electron chi connectivity index (χ4n) is 1.60. The summed E-state index contributed by atoms with van der Waals surface area (Å²) in [6.45, 7) is 4.27. The van der Waals surface area contributed by atoms with Gasteiger partial charge in [0, 0.05) is 6.54 Å². The number of carboxylic acid groups (broad SMARTS) is 1. The van der Waals surface area contributed by atoms with E-state index in [1.807, 2.05) is 31.2 Å². The van der Waals surface area contributed by atoms with Crippen LogP contribution in [-0.2, 0) is 11.2 Å². The Hall–Kier alpha value is -1.55. The topological polar surface area (TPSA) is 72.5 Å². The molecule has 1 aromatic rings. The Morgan fingerprint density at radius 3 is 2.76 bits per heavy atom. The number of hydrogen-bond donors (Lipinski definition) is 2. The highest BCUT2D eigenvalue weighted by molar-refractivity contribution is 5.74. The smallest absolute Gasteiger partial charge is 0.310 e. The van der Waals surface area contributed by atoms with Gasteiger partial charge in [-0.1, -0.05) is 12.1 Å². The van der Waals surface area contributed by atoms with Crippen LogP contribution in [-0.4, -0.2) is 24.2 Å². The van der Waals surface area contributed by atoms with Gasteiger partial charge >= 0.3 is 5.97 Å². The van der Waals surface area contributed by atoms with Crippen LogP contribution in [0.4, 0.5) is 0 Å². The second kappa shape index (κ2) is 5.68. The van der Waals surface area contributed by atoms with Gasteiger partial charge in [-0.2, -0.15) is 0 Å². The predicted octanol–water partition coefficient (Wildman–Crippen LogP) is 1.68.